The smallest absolute Gasteiger partial charge is 0.123 e. The lowest BCUT2D eigenvalue weighted by molar-refractivity contribution is 0.156. The van der Waals surface area contributed by atoms with E-state index in [9.17, 15) is 4.39 Å². The quantitative estimate of drug-likeness (QED) is 0.584. The van der Waals surface area contributed by atoms with Crippen LogP contribution in [0.5, 0.6) is 0 Å². The van der Waals surface area contributed by atoms with Gasteiger partial charge in [-0.15, -0.1) is 0 Å². The summed E-state index contributed by atoms with van der Waals surface area (Å²) in [6.45, 7) is 5.11. The van der Waals surface area contributed by atoms with E-state index < -0.39 is 0 Å². The SMILES string of the molecule is CCN(CCOCCS)c1ccc(F)cc1. The van der Waals surface area contributed by atoms with Gasteiger partial charge in [0.15, 0.2) is 0 Å². The molecule has 0 aliphatic heterocycles. The highest BCUT2D eigenvalue weighted by molar-refractivity contribution is 7.80. The van der Waals surface area contributed by atoms with Crippen LogP contribution >= 0.6 is 12.6 Å². The molecular weight excluding hydrogens is 225 g/mol. The molecule has 0 unspecified atom stereocenters. The molecule has 0 aliphatic carbocycles. The highest BCUT2D eigenvalue weighted by atomic mass is 32.1. The van der Waals surface area contributed by atoms with Gasteiger partial charge >= 0.3 is 0 Å². The predicted molar refractivity (Wildman–Crippen MR) is 69.0 cm³/mol. The Morgan fingerprint density at radius 1 is 1.25 bits per heavy atom. The fourth-order valence-corrected chi connectivity index (χ4v) is 1.59. The molecule has 0 aromatic heterocycles. The molecule has 1 rings (SSSR count). The molecule has 0 aliphatic rings. The second kappa shape index (κ2) is 7.52. The molecule has 4 heteroatoms. The maximum atomic E-state index is 12.8. The lowest BCUT2D eigenvalue weighted by Crippen LogP contribution is -2.27. The van der Waals surface area contributed by atoms with Crippen LogP contribution in [0.1, 0.15) is 6.92 Å². The Labute approximate surface area is 102 Å². The van der Waals surface area contributed by atoms with Gasteiger partial charge in [-0.2, -0.15) is 12.6 Å². The van der Waals surface area contributed by atoms with Crippen molar-refractivity contribution in [1.29, 1.82) is 0 Å². The second-order valence-electron chi connectivity index (χ2n) is 3.39. The van der Waals surface area contributed by atoms with Crippen LogP contribution in [0.25, 0.3) is 0 Å². The molecule has 0 fully saturated rings. The molecule has 2 nitrogen and oxygen atoms in total. The fraction of sp³-hybridized carbons (Fsp3) is 0.500. The summed E-state index contributed by atoms with van der Waals surface area (Å²) in [6.07, 6.45) is 0. The first-order valence-corrected chi connectivity index (χ1v) is 6.10. The van der Waals surface area contributed by atoms with E-state index in [1.54, 1.807) is 12.1 Å². The molecule has 0 bridgehead atoms. The summed E-state index contributed by atoms with van der Waals surface area (Å²) in [7, 11) is 0. The number of thiol groups is 1. The first kappa shape index (κ1) is 13.3. The normalized spacial score (nSPS) is 10.4. The third-order valence-electron chi connectivity index (χ3n) is 2.31. The zero-order valence-corrected chi connectivity index (χ0v) is 10.4. The van der Waals surface area contributed by atoms with Crippen LogP contribution in [-0.4, -0.2) is 32.1 Å². The van der Waals surface area contributed by atoms with E-state index in [-0.39, 0.29) is 5.82 Å². The van der Waals surface area contributed by atoms with Crippen molar-refractivity contribution in [3.8, 4) is 0 Å². The standard InChI is InChI=1S/C12H18FNOS/c1-2-14(7-8-15-9-10-16)12-5-3-11(13)4-6-12/h3-6,16H,2,7-10H2,1H3. The Balaban J connectivity index is 2.44. The zero-order valence-electron chi connectivity index (χ0n) is 9.53. The molecular formula is C12H18FNOS. The first-order chi connectivity index (χ1) is 7.77. The Morgan fingerprint density at radius 3 is 2.50 bits per heavy atom. The van der Waals surface area contributed by atoms with Crippen LogP contribution in [0.15, 0.2) is 24.3 Å². The number of anilines is 1. The van der Waals surface area contributed by atoms with Gasteiger partial charge in [0, 0.05) is 24.5 Å². The molecule has 0 saturated heterocycles. The molecule has 0 amide bonds. The van der Waals surface area contributed by atoms with Crippen LogP contribution in [0.3, 0.4) is 0 Å². The minimum atomic E-state index is -0.203. The Kier molecular flexibility index (Phi) is 6.26. The van der Waals surface area contributed by atoms with Crippen molar-refractivity contribution in [2.75, 3.05) is 37.0 Å². The van der Waals surface area contributed by atoms with Crippen molar-refractivity contribution in [2.45, 2.75) is 6.92 Å². The maximum absolute atomic E-state index is 12.8. The van der Waals surface area contributed by atoms with Gasteiger partial charge < -0.3 is 9.64 Å². The van der Waals surface area contributed by atoms with Crippen molar-refractivity contribution in [3.05, 3.63) is 30.1 Å². The van der Waals surface area contributed by atoms with E-state index in [0.29, 0.717) is 13.2 Å². The summed E-state index contributed by atoms with van der Waals surface area (Å²) >= 11 is 4.07. The Hall–Kier alpha value is -0.740. The molecule has 1 aromatic carbocycles. The van der Waals surface area contributed by atoms with Gasteiger partial charge in [-0.1, -0.05) is 0 Å². The molecule has 0 saturated carbocycles. The predicted octanol–water partition coefficient (Wildman–Crippen LogP) is 2.60. The number of hydrogen-bond donors (Lipinski definition) is 1. The zero-order chi connectivity index (χ0) is 11.8. The van der Waals surface area contributed by atoms with Crippen LogP contribution < -0.4 is 4.90 Å². The van der Waals surface area contributed by atoms with Crippen LogP contribution in [0.4, 0.5) is 10.1 Å². The van der Waals surface area contributed by atoms with Crippen LogP contribution in [-0.2, 0) is 4.74 Å². The van der Waals surface area contributed by atoms with Crippen molar-refractivity contribution in [1.82, 2.24) is 0 Å². The summed E-state index contributed by atoms with van der Waals surface area (Å²) < 4.78 is 18.1. The molecule has 0 heterocycles. The minimum Gasteiger partial charge on any atom is -0.379 e. The largest absolute Gasteiger partial charge is 0.379 e. The van der Waals surface area contributed by atoms with Gasteiger partial charge in [0.05, 0.1) is 13.2 Å². The topological polar surface area (TPSA) is 12.5 Å². The molecule has 16 heavy (non-hydrogen) atoms. The highest BCUT2D eigenvalue weighted by Crippen LogP contribution is 2.13. The van der Waals surface area contributed by atoms with E-state index in [1.165, 1.54) is 12.1 Å². The average molecular weight is 243 g/mol. The number of nitrogens with zero attached hydrogens (tertiary/aromatic N) is 1. The second-order valence-corrected chi connectivity index (χ2v) is 3.84. The van der Waals surface area contributed by atoms with Gasteiger partial charge in [0.1, 0.15) is 5.82 Å². The number of hydrogen-bond acceptors (Lipinski definition) is 3. The van der Waals surface area contributed by atoms with Crippen LogP contribution in [0, 0.1) is 5.82 Å². The minimum absolute atomic E-state index is 0.203. The van der Waals surface area contributed by atoms with Crippen molar-refractivity contribution < 1.29 is 9.13 Å². The average Bonchev–Trinajstić information content (AvgIpc) is 2.31. The summed E-state index contributed by atoms with van der Waals surface area (Å²) in [5.74, 6) is 0.536. The van der Waals surface area contributed by atoms with Gasteiger partial charge in [-0.05, 0) is 31.2 Å². The van der Waals surface area contributed by atoms with E-state index in [0.717, 1.165) is 24.5 Å². The summed E-state index contributed by atoms with van der Waals surface area (Å²) in [5.41, 5.74) is 1.03. The van der Waals surface area contributed by atoms with E-state index in [1.807, 2.05) is 0 Å². The molecule has 1 aromatic rings. The number of halogens is 1. The third-order valence-corrected chi connectivity index (χ3v) is 2.50. The van der Waals surface area contributed by atoms with E-state index in [4.69, 9.17) is 4.74 Å². The van der Waals surface area contributed by atoms with E-state index in [2.05, 4.69) is 24.5 Å². The fourth-order valence-electron chi connectivity index (χ4n) is 1.46. The van der Waals surface area contributed by atoms with E-state index >= 15 is 0 Å². The highest BCUT2D eigenvalue weighted by Gasteiger charge is 2.03. The van der Waals surface area contributed by atoms with Gasteiger partial charge in [0.2, 0.25) is 0 Å². The monoisotopic (exact) mass is 243 g/mol. The number of benzene rings is 1. The number of ether oxygens (including phenoxy) is 1. The molecule has 0 N–H and O–H groups in total. The van der Waals surface area contributed by atoms with Crippen molar-refractivity contribution >= 4 is 18.3 Å². The maximum Gasteiger partial charge on any atom is 0.123 e. The summed E-state index contributed by atoms with van der Waals surface area (Å²) in [5, 5.41) is 0. The number of rotatable bonds is 7. The van der Waals surface area contributed by atoms with Gasteiger partial charge in [0.25, 0.3) is 0 Å². The van der Waals surface area contributed by atoms with Crippen molar-refractivity contribution in [3.63, 3.8) is 0 Å². The molecule has 90 valence electrons. The summed E-state index contributed by atoms with van der Waals surface area (Å²) in [4.78, 5) is 2.15. The summed E-state index contributed by atoms with van der Waals surface area (Å²) in [6, 6.07) is 6.54. The Bertz CT molecular complexity index is 292. The van der Waals surface area contributed by atoms with Crippen LogP contribution in [0.2, 0.25) is 0 Å². The van der Waals surface area contributed by atoms with Gasteiger partial charge in [-0.3, -0.25) is 0 Å². The first-order valence-electron chi connectivity index (χ1n) is 5.47. The molecule has 0 radical (unpaired) electrons. The molecule has 0 spiro atoms. The lowest BCUT2D eigenvalue weighted by atomic mass is 10.3. The lowest BCUT2D eigenvalue weighted by Gasteiger charge is -2.22. The third kappa shape index (κ3) is 4.41. The van der Waals surface area contributed by atoms with Crippen molar-refractivity contribution in [2.24, 2.45) is 0 Å². The van der Waals surface area contributed by atoms with Gasteiger partial charge in [-0.25, -0.2) is 4.39 Å². The Morgan fingerprint density at radius 2 is 1.94 bits per heavy atom. The molecule has 0 atom stereocenters. The number of likely N-dealkylation sites (N-methyl/N-ethyl adjacent to an activating group) is 1.